The summed E-state index contributed by atoms with van der Waals surface area (Å²) in [5.74, 6) is -0.370. The first-order chi connectivity index (χ1) is 11.6. The van der Waals surface area contributed by atoms with Crippen molar-refractivity contribution in [1.29, 1.82) is 0 Å². The Morgan fingerprint density at radius 1 is 0.958 bits per heavy atom. The predicted molar refractivity (Wildman–Crippen MR) is 94.3 cm³/mol. The Bertz CT molecular complexity index is 715. The van der Waals surface area contributed by atoms with Crippen LogP contribution in [0.5, 0.6) is 0 Å². The highest BCUT2D eigenvalue weighted by molar-refractivity contribution is 6.17. The van der Waals surface area contributed by atoms with Crippen molar-refractivity contribution in [3.63, 3.8) is 0 Å². The molecule has 2 aromatic carbocycles. The summed E-state index contributed by atoms with van der Waals surface area (Å²) in [4.78, 5) is 4.25. The Labute approximate surface area is 145 Å². The molecule has 0 spiro atoms. The zero-order chi connectivity index (χ0) is 17.1. The third-order valence-electron chi connectivity index (χ3n) is 4.35. The third-order valence-corrected chi connectivity index (χ3v) is 4.64. The Balaban J connectivity index is 1.60. The molecule has 0 amide bonds. The van der Waals surface area contributed by atoms with E-state index in [1.165, 1.54) is 6.07 Å². The molecule has 0 unspecified atom stereocenters. The van der Waals surface area contributed by atoms with Crippen LogP contribution >= 0.6 is 11.6 Å². The summed E-state index contributed by atoms with van der Waals surface area (Å²) >= 11 is 5.68. The average molecular weight is 352 g/mol. The molecule has 3 rings (SSSR count). The fourth-order valence-electron chi connectivity index (χ4n) is 2.98. The van der Waals surface area contributed by atoms with E-state index in [2.05, 4.69) is 4.90 Å². The van der Waals surface area contributed by atoms with Crippen LogP contribution in [0.25, 0.3) is 0 Å². The molecule has 24 heavy (non-hydrogen) atoms. The summed E-state index contributed by atoms with van der Waals surface area (Å²) in [6.45, 7) is 3.72. The Hall–Kier alpha value is -1.85. The quantitative estimate of drug-likeness (QED) is 0.674. The molecule has 0 aliphatic carbocycles. The molecule has 1 aliphatic heterocycles. The van der Waals surface area contributed by atoms with Crippen LogP contribution in [0.4, 0.5) is 20.2 Å². The van der Waals surface area contributed by atoms with Crippen LogP contribution in [0.2, 0.25) is 0 Å². The van der Waals surface area contributed by atoms with Crippen LogP contribution in [0.1, 0.15) is 11.1 Å². The first kappa shape index (κ1) is 17.0. The van der Waals surface area contributed by atoms with E-state index >= 15 is 0 Å². The van der Waals surface area contributed by atoms with E-state index in [9.17, 15) is 8.78 Å². The van der Waals surface area contributed by atoms with Crippen molar-refractivity contribution in [3.05, 3.63) is 59.2 Å². The smallest absolute Gasteiger partial charge is 0.148 e. The highest BCUT2D eigenvalue weighted by Crippen LogP contribution is 2.23. The van der Waals surface area contributed by atoms with Crippen LogP contribution in [-0.2, 0) is 12.4 Å². The average Bonchev–Trinajstić information content (AvgIpc) is 2.56. The molecule has 2 N–H and O–H groups in total. The minimum Gasteiger partial charge on any atom is -0.399 e. The molecule has 3 nitrogen and oxygen atoms in total. The van der Waals surface area contributed by atoms with Gasteiger partial charge in [0.2, 0.25) is 0 Å². The van der Waals surface area contributed by atoms with Gasteiger partial charge in [0.05, 0.1) is 11.6 Å². The number of piperazine rings is 1. The number of benzene rings is 2. The van der Waals surface area contributed by atoms with Crippen molar-refractivity contribution >= 4 is 23.0 Å². The number of nitrogens with zero attached hydrogens (tertiary/aromatic N) is 2. The van der Waals surface area contributed by atoms with Crippen molar-refractivity contribution in [2.45, 2.75) is 12.4 Å². The van der Waals surface area contributed by atoms with Gasteiger partial charge in [0.25, 0.3) is 0 Å². The molecule has 0 aromatic heterocycles. The molecule has 6 heteroatoms. The molecule has 0 atom stereocenters. The van der Waals surface area contributed by atoms with Gasteiger partial charge in [-0.1, -0.05) is 12.1 Å². The topological polar surface area (TPSA) is 32.5 Å². The number of hydrogen-bond acceptors (Lipinski definition) is 3. The second-order valence-electron chi connectivity index (χ2n) is 6.03. The second kappa shape index (κ2) is 7.36. The van der Waals surface area contributed by atoms with Gasteiger partial charge < -0.3 is 10.6 Å². The van der Waals surface area contributed by atoms with Crippen molar-refractivity contribution in [3.8, 4) is 0 Å². The van der Waals surface area contributed by atoms with E-state index in [4.69, 9.17) is 17.3 Å². The molecule has 1 fully saturated rings. The number of alkyl halides is 1. The predicted octanol–water partition coefficient (Wildman–Crippen LogP) is 3.61. The van der Waals surface area contributed by atoms with E-state index in [0.717, 1.165) is 31.7 Å². The number of nitrogen functional groups attached to an aromatic ring is 1. The molecule has 128 valence electrons. The third kappa shape index (κ3) is 3.79. The van der Waals surface area contributed by atoms with Gasteiger partial charge in [-0.3, -0.25) is 4.90 Å². The normalized spacial score (nSPS) is 15.7. The first-order valence-corrected chi connectivity index (χ1v) is 8.46. The van der Waals surface area contributed by atoms with Gasteiger partial charge >= 0.3 is 0 Å². The summed E-state index contributed by atoms with van der Waals surface area (Å²) in [7, 11) is 0. The van der Waals surface area contributed by atoms with Crippen LogP contribution < -0.4 is 10.6 Å². The monoisotopic (exact) mass is 351 g/mol. The standard InChI is InChI=1S/C18H20ClF2N3/c19-11-14-2-1-13(9-16(14)20)12-23-5-7-24(8-6-23)18-4-3-15(22)10-17(18)21/h1-4,9-10H,5-8,11-12,22H2. The molecule has 0 radical (unpaired) electrons. The SMILES string of the molecule is Nc1ccc(N2CCN(Cc3ccc(CCl)c(F)c3)CC2)c(F)c1. The maximum Gasteiger partial charge on any atom is 0.148 e. The van der Waals surface area contributed by atoms with Crippen LogP contribution in [0, 0.1) is 11.6 Å². The van der Waals surface area contributed by atoms with E-state index in [0.29, 0.717) is 23.5 Å². The van der Waals surface area contributed by atoms with Crippen molar-refractivity contribution < 1.29 is 8.78 Å². The molecule has 1 aliphatic rings. The molecule has 0 bridgehead atoms. The second-order valence-corrected chi connectivity index (χ2v) is 6.30. The molecule has 1 heterocycles. The molecule has 0 saturated carbocycles. The largest absolute Gasteiger partial charge is 0.399 e. The van der Waals surface area contributed by atoms with Crippen molar-refractivity contribution in [1.82, 2.24) is 4.90 Å². The lowest BCUT2D eigenvalue weighted by Gasteiger charge is -2.36. The van der Waals surface area contributed by atoms with E-state index < -0.39 is 0 Å². The lowest BCUT2D eigenvalue weighted by atomic mass is 10.1. The highest BCUT2D eigenvalue weighted by atomic mass is 35.5. The minimum absolute atomic E-state index is 0.179. The summed E-state index contributed by atoms with van der Waals surface area (Å²) in [5, 5.41) is 0. The number of hydrogen-bond donors (Lipinski definition) is 1. The summed E-state index contributed by atoms with van der Waals surface area (Å²) in [6.07, 6.45) is 0. The van der Waals surface area contributed by atoms with Gasteiger partial charge in [-0.05, 0) is 29.8 Å². The summed E-state index contributed by atoms with van der Waals surface area (Å²) in [6, 6.07) is 9.98. The zero-order valence-corrected chi connectivity index (χ0v) is 14.1. The summed E-state index contributed by atoms with van der Waals surface area (Å²) in [5.41, 5.74) is 8.05. The van der Waals surface area contributed by atoms with Gasteiger partial charge in [-0.25, -0.2) is 8.78 Å². The van der Waals surface area contributed by atoms with Gasteiger partial charge in [0, 0.05) is 44.0 Å². The fourth-order valence-corrected chi connectivity index (χ4v) is 3.20. The van der Waals surface area contributed by atoms with E-state index in [1.807, 2.05) is 11.0 Å². The van der Waals surface area contributed by atoms with Crippen molar-refractivity contribution in [2.75, 3.05) is 36.8 Å². The molecule has 2 aromatic rings. The van der Waals surface area contributed by atoms with Crippen LogP contribution in [0.3, 0.4) is 0 Å². The molecule has 1 saturated heterocycles. The number of nitrogens with two attached hydrogens (primary N) is 1. The Kier molecular flexibility index (Phi) is 5.21. The first-order valence-electron chi connectivity index (χ1n) is 7.92. The number of rotatable bonds is 4. The molecular formula is C18H20ClF2N3. The Morgan fingerprint density at radius 3 is 2.33 bits per heavy atom. The van der Waals surface area contributed by atoms with Gasteiger partial charge in [-0.2, -0.15) is 0 Å². The fraction of sp³-hybridized carbons (Fsp3) is 0.333. The zero-order valence-electron chi connectivity index (χ0n) is 13.3. The summed E-state index contributed by atoms with van der Waals surface area (Å²) < 4.78 is 27.8. The minimum atomic E-state index is -0.290. The van der Waals surface area contributed by atoms with E-state index in [1.54, 1.807) is 24.3 Å². The maximum atomic E-state index is 14.0. The Morgan fingerprint density at radius 2 is 1.71 bits per heavy atom. The van der Waals surface area contributed by atoms with Crippen LogP contribution in [-0.4, -0.2) is 31.1 Å². The number of anilines is 2. The lowest BCUT2D eigenvalue weighted by molar-refractivity contribution is 0.249. The molecular weight excluding hydrogens is 332 g/mol. The van der Waals surface area contributed by atoms with Crippen LogP contribution in [0.15, 0.2) is 36.4 Å². The lowest BCUT2D eigenvalue weighted by Crippen LogP contribution is -2.46. The van der Waals surface area contributed by atoms with Gasteiger partial charge in [0.1, 0.15) is 11.6 Å². The van der Waals surface area contributed by atoms with Crippen molar-refractivity contribution in [2.24, 2.45) is 0 Å². The maximum absolute atomic E-state index is 14.0. The number of halogens is 3. The van der Waals surface area contributed by atoms with Gasteiger partial charge in [-0.15, -0.1) is 11.6 Å². The van der Waals surface area contributed by atoms with Gasteiger partial charge in [0.15, 0.2) is 0 Å². The van der Waals surface area contributed by atoms with E-state index in [-0.39, 0.29) is 17.5 Å². The highest BCUT2D eigenvalue weighted by Gasteiger charge is 2.20.